The van der Waals surface area contributed by atoms with E-state index >= 15 is 0 Å². The van der Waals surface area contributed by atoms with Gasteiger partial charge in [0.05, 0.1) is 24.1 Å². The summed E-state index contributed by atoms with van der Waals surface area (Å²) in [6.45, 7) is 4.18. The van der Waals surface area contributed by atoms with Gasteiger partial charge in [0.2, 0.25) is 0 Å². The molecule has 0 aliphatic carbocycles. The Hall–Kier alpha value is -3.62. The Morgan fingerprint density at radius 2 is 1.93 bits per heavy atom. The van der Waals surface area contributed by atoms with Crippen molar-refractivity contribution in [2.24, 2.45) is 12.2 Å². The fourth-order valence-electron chi connectivity index (χ4n) is 3.13. The van der Waals surface area contributed by atoms with Crippen LogP contribution in [0.2, 0.25) is 0 Å². The summed E-state index contributed by atoms with van der Waals surface area (Å²) < 4.78 is 14.0. The first-order valence-corrected chi connectivity index (χ1v) is 9.49. The number of ether oxygens (including phenoxy) is 2. The van der Waals surface area contributed by atoms with Crippen molar-refractivity contribution in [3.8, 4) is 17.2 Å². The number of oxime groups is 1. The molecule has 0 aliphatic heterocycles. The van der Waals surface area contributed by atoms with E-state index in [-0.39, 0.29) is 12.3 Å². The van der Waals surface area contributed by atoms with Gasteiger partial charge in [0, 0.05) is 7.05 Å². The SMILES string of the molecule is CC/C(=N/OC)c1ccc(OCc2c(OC)cccc2-n2nnn(C)c2=O)c(C)c1. The minimum Gasteiger partial charge on any atom is -0.496 e. The summed E-state index contributed by atoms with van der Waals surface area (Å²) in [7, 11) is 4.65. The van der Waals surface area contributed by atoms with Crippen molar-refractivity contribution in [1.29, 1.82) is 0 Å². The third-order valence-electron chi connectivity index (χ3n) is 4.69. The third-order valence-corrected chi connectivity index (χ3v) is 4.69. The number of tetrazole rings is 1. The molecule has 3 rings (SSSR count). The van der Waals surface area contributed by atoms with E-state index in [4.69, 9.17) is 14.3 Å². The predicted octanol–water partition coefficient (Wildman–Crippen LogP) is 2.62. The van der Waals surface area contributed by atoms with E-state index in [0.717, 1.165) is 29.0 Å². The van der Waals surface area contributed by atoms with Gasteiger partial charge < -0.3 is 14.3 Å². The topological polar surface area (TPSA) is 92.8 Å². The molecule has 1 aromatic heterocycles. The van der Waals surface area contributed by atoms with Gasteiger partial charge in [0.25, 0.3) is 0 Å². The summed E-state index contributed by atoms with van der Waals surface area (Å²) >= 11 is 0. The lowest BCUT2D eigenvalue weighted by Gasteiger charge is -2.15. The van der Waals surface area contributed by atoms with Crippen molar-refractivity contribution in [3.63, 3.8) is 0 Å². The molecule has 0 aliphatic rings. The molecule has 0 radical (unpaired) electrons. The molecule has 2 aromatic carbocycles. The van der Waals surface area contributed by atoms with Crippen molar-refractivity contribution in [1.82, 2.24) is 19.8 Å². The summed E-state index contributed by atoms with van der Waals surface area (Å²) in [6, 6.07) is 11.2. The lowest BCUT2D eigenvalue weighted by atomic mass is 10.0. The van der Waals surface area contributed by atoms with E-state index in [2.05, 4.69) is 15.6 Å². The van der Waals surface area contributed by atoms with E-state index in [9.17, 15) is 4.79 Å². The maximum atomic E-state index is 12.3. The smallest absolute Gasteiger partial charge is 0.368 e. The fraction of sp³-hybridized carbons (Fsp3) is 0.333. The standard InChI is InChI=1S/C21H25N5O4/c1-6-17(22-29-5)15-10-11-19(14(2)12-15)30-13-16-18(8-7-9-20(16)28-4)26-21(27)25(3)23-24-26/h7-12H,6,13H2,1-5H3/b22-17-. The molecule has 0 N–H and O–H groups in total. The van der Waals surface area contributed by atoms with Gasteiger partial charge >= 0.3 is 5.69 Å². The van der Waals surface area contributed by atoms with Crippen molar-refractivity contribution < 1.29 is 14.3 Å². The lowest BCUT2D eigenvalue weighted by molar-refractivity contribution is 0.213. The number of aryl methyl sites for hydroxylation is 2. The largest absolute Gasteiger partial charge is 0.496 e. The molecule has 30 heavy (non-hydrogen) atoms. The van der Waals surface area contributed by atoms with Crippen LogP contribution in [0.4, 0.5) is 0 Å². The molecular formula is C21H25N5O4. The molecule has 158 valence electrons. The van der Waals surface area contributed by atoms with Gasteiger partial charge in [-0.05, 0) is 65.2 Å². The second-order valence-corrected chi connectivity index (χ2v) is 6.60. The van der Waals surface area contributed by atoms with Crippen LogP contribution < -0.4 is 15.2 Å². The average Bonchev–Trinajstić information content (AvgIpc) is 3.09. The highest BCUT2D eigenvalue weighted by atomic mass is 16.6. The highest BCUT2D eigenvalue weighted by Crippen LogP contribution is 2.27. The number of methoxy groups -OCH3 is 1. The number of rotatable bonds is 8. The van der Waals surface area contributed by atoms with Crippen molar-refractivity contribution in [3.05, 3.63) is 63.6 Å². The third kappa shape index (κ3) is 4.19. The molecule has 0 unspecified atom stereocenters. The normalized spacial score (nSPS) is 11.4. The molecule has 0 atom stereocenters. The first-order valence-electron chi connectivity index (χ1n) is 9.49. The Morgan fingerprint density at radius 1 is 1.13 bits per heavy atom. The Kier molecular flexibility index (Phi) is 6.51. The van der Waals surface area contributed by atoms with Gasteiger partial charge in [-0.1, -0.05) is 18.1 Å². The predicted molar refractivity (Wildman–Crippen MR) is 113 cm³/mol. The molecular weight excluding hydrogens is 386 g/mol. The number of aromatic nitrogens is 4. The van der Waals surface area contributed by atoms with Gasteiger partial charge in [0.1, 0.15) is 25.2 Å². The zero-order valence-electron chi connectivity index (χ0n) is 17.7. The Morgan fingerprint density at radius 3 is 2.53 bits per heavy atom. The quantitative estimate of drug-likeness (QED) is 0.418. The molecule has 0 saturated carbocycles. The van der Waals surface area contributed by atoms with Crippen LogP contribution in [-0.4, -0.2) is 39.7 Å². The first-order chi connectivity index (χ1) is 14.5. The lowest BCUT2D eigenvalue weighted by Crippen LogP contribution is -2.23. The van der Waals surface area contributed by atoms with Gasteiger partial charge in [-0.2, -0.15) is 9.36 Å². The molecule has 0 amide bonds. The second kappa shape index (κ2) is 9.25. The fourth-order valence-corrected chi connectivity index (χ4v) is 3.13. The minimum atomic E-state index is -0.352. The van der Waals surface area contributed by atoms with Gasteiger partial charge in [-0.3, -0.25) is 0 Å². The van der Waals surface area contributed by atoms with Gasteiger partial charge in [0.15, 0.2) is 0 Å². The number of hydrogen-bond donors (Lipinski definition) is 0. The maximum absolute atomic E-state index is 12.3. The van der Waals surface area contributed by atoms with Gasteiger partial charge in [-0.25, -0.2) is 4.79 Å². The molecule has 0 fully saturated rings. The molecule has 1 heterocycles. The summed E-state index contributed by atoms with van der Waals surface area (Å²) in [4.78, 5) is 17.2. The zero-order chi connectivity index (χ0) is 21.7. The van der Waals surface area contributed by atoms with E-state index in [0.29, 0.717) is 17.0 Å². The Labute approximate surface area is 174 Å². The number of nitrogens with zero attached hydrogens (tertiary/aromatic N) is 5. The number of benzene rings is 2. The molecule has 3 aromatic rings. The van der Waals surface area contributed by atoms with Gasteiger partial charge in [-0.15, -0.1) is 0 Å². The summed E-state index contributed by atoms with van der Waals surface area (Å²) in [6.07, 6.45) is 0.755. The molecule has 0 spiro atoms. The average molecular weight is 411 g/mol. The van der Waals surface area contributed by atoms with Crippen LogP contribution in [-0.2, 0) is 18.5 Å². The maximum Gasteiger partial charge on any atom is 0.368 e. The Balaban J connectivity index is 1.92. The monoisotopic (exact) mass is 411 g/mol. The van der Waals surface area contributed by atoms with Crippen molar-refractivity contribution in [2.45, 2.75) is 26.9 Å². The summed E-state index contributed by atoms with van der Waals surface area (Å²) in [5, 5.41) is 11.8. The van der Waals surface area contributed by atoms with Crippen LogP contribution in [0.15, 0.2) is 46.3 Å². The van der Waals surface area contributed by atoms with Crippen molar-refractivity contribution >= 4 is 5.71 Å². The molecule has 9 heteroatoms. The van der Waals surface area contributed by atoms with E-state index in [1.54, 1.807) is 26.3 Å². The van der Waals surface area contributed by atoms with Crippen molar-refractivity contribution in [2.75, 3.05) is 14.2 Å². The van der Waals surface area contributed by atoms with Crippen LogP contribution in [0.1, 0.15) is 30.0 Å². The van der Waals surface area contributed by atoms with Crippen LogP contribution in [0.25, 0.3) is 5.69 Å². The summed E-state index contributed by atoms with van der Waals surface area (Å²) in [5.41, 5.74) is 3.70. The summed E-state index contributed by atoms with van der Waals surface area (Å²) in [5.74, 6) is 1.31. The molecule has 9 nitrogen and oxygen atoms in total. The first kappa shape index (κ1) is 21.1. The minimum absolute atomic E-state index is 0.190. The zero-order valence-corrected chi connectivity index (χ0v) is 17.7. The van der Waals surface area contributed by atoms with Crippen LogP contribution in [0.5, 0.6) is 11.5 Å². The second-order valence-electron chi connectivity index (χ2n) is 6.60. The van der Waals surface area contributed by atoms with E-state index in [1.807, 2.05) is 38.1 Å². The van der Waals surface area contributed by atoms with E-state index in [1.165, 1.54) is 16.5 Å². The van der Waals surface area contributed by atoms with Crippen LogP contribution in [0.3, 0.4) is 0 Å². The van der Waals surface area contributed by atoms with Crippen LogP contribution in [0, 0.1) is 6.92 Å². The highest BCUT2D eigenvalue weighted by molar-refractivity contribution is 6.00. The molecule has 0 saturated heterocycles. The molecule has 0 bridgehead atoms. The number of hydrogen-bond acceptors (Lipinski definition) is 7. The highest BCUT2D eigenvalue weighted by Gasteiger charge is 2.16. The Bertz CT molecular complexity index is 1120. The van der Waals surface area contributed by atoms with E-state index < -0.39 is 0 Å². The van der Waals surface area contributed by atoms with Crippen LogP contribution >= 0.6 is 0 Å².